The molecule has 104 valence electrons. The smallest absolute Gasteiger partial charge is 0.303 e. The number of halogens is 2. The van der Waals surface area contributed by atoms with Gasteiger partial charge in [-0.1, -0.05) is 25.4 Å². The molecule has 1 amide bonds. The molecule has 1 rings (SSSR count). The second-order valence-corrected chi connectivity index (χ2v) is 5.50. The molecule has 19 heavy (non-hydrogen) atoms. The van der Waals surface area contributed by atoms with E-state index < -0.39 is 17.2 Å². The molecule has 4 nitrogen and oxygen atoms in total. The van der Waals surface area contributed by atoms with Crippen molar-refractivity contribution in [3.05, 3.63) is 29.0 Å². The normalized spacial score (nSPS) is 11.2. The number of hydrogen-bond acceptors (Lipinski definition) is 2. The third-order valence-electron chi connectivity index (χ3n) is 2.47. The van der Waals surface area contributed by atoms with Crippen molar-refractivity contribution in [3.8, 4) is 0 Å². The van der Waals surface area contributed by atoms with Gasteiger partial charge in [-0.3, -0.25) is 9.59 Å². The van der Waals surface area contributed by atoms with Gasteiger partial charge in [0.2, 0.25) is 5.91 Å². The van der Waals surface area contributed by atoms with E-state index in [0.29, 0.717) is 0 Å². The Bertz CT molecular complexity index is 503. The number of carboxylic acid groups (broad SMARTS) is 1. The molecule has 0 aromatic heterocycles. The molecule has 0 atom stereocenters. The lowest BCUT2D eigenvalue weighted by molar-refractivity contribution is -0.139. The monoisotopic (exact) mass is 287 g/mol. The highest BCUT2D eigenvalue weighted by Crippen LogP contribution is 2.26. The maximum absolute atomic E-state index is 13.2. The fourth-order valence-corrected chi connectivity index (χ4v) is 1.80. The van der Waals surface area contributed by atoms with Gasteiger partial charge in [-0.25, -0.2) is 4.39 Å². The number of aliphatic carboxylic acids is 1. The van der Waals surface area contributed by atoms with Crippen LogP contribution < -0.4 is 5.32 Å². The van der Waals surface area contributed by atoms with Gasteiger partial charge in [-0.15, -0.1) is 0 Å². The number of nitrogens with one attached hydrogen (secondary N) is 1. The van der Waals surface area contributed by atoms with Crippen LogP contribution in [-0.4, -0.2) is 17.0 Å². The Morgan fingerprint density at radius 2 is 2.00 bits per heavy atom. The third-order valence-corrected chi connectivity index (χ3v) is 2.78. The molecule has 0 bridgehead atoms. The van der Waals surface area contributed by atoms with E-state index in [-0.39, 0.29) is 29.5 Å². The number of carbonyl (C=O) groups excluding carboxylic acids is 1. The van der Waals surface area contributed by atoms with Crippen LogP contribution in [0.25, 0.3) is 0 Å². The first-order chi connectivity index (χ1) is 8.69. The molecular formula is C13H15ClFNO3. The van der Waals surface area contributed by atoms with Gasteiger partial charge in [0.05, 0.1) is 11.4 Å². The van der Waals surface area contributed by atoms with E-state index in [0.717, 1.165) is 6.07 Å². The zero-order chi connectivity index (χ0) is 14.6. The van der Waals surface area contributed by atoms with E-state index in [1.807, 2.05) is 0 Å². The molecular weight excluding hydrogens is 273 g/mol. The largest absolute Gasteiger partial charge is 0.481 e. The minimum absolute atomic E-state index is 0.0239. The molecule has 1 aromatic rings. The summed E-state index contributed by atoms with van der Waals surface area (Å²) in [7, 11) is 0. The first kappa shape index (κ1) is 15.4. The molecule has 0 aliphatic heterocycles. The Morgan fingerprint density at radius 3 is 2.53 bits per heavy atom. The number of carbonyl (C=O) groups is 2. The lowest BCUT2D eigenvalue weighted by Crippen LogP contribution is -2.24. The summed E-state index contributed by atoms with van der Waals surface area (Å²) in [5.74, 6) is -1.95. The van der Waals surface area contributed by atoms with E-state index in [1.54, 1.807) is 13.8 Å². The summed E-state index contributed by atoms with van der Waals surface area (Å²) in [4.78, 5) is 22.4. The van der Waals surface area contributed by atoms with Crippen molar-refractivity contribution >= 4 is 29.2 Å². The van der Waals surface area contributed by atoms with Crippen molar-refractivity contribution < 1.29 is 19.1 Å². The summed E-state index contributed by atoms with van der Waals surface area (Å²) in [6.07, 6.45) is -0.0844. The van der Waals surface area contributed by atoms with Crippen LogP contribution in [0, 0.1) is 11.2 Å². The van der Waals surface area contributed by atoms with Gasteiger partial charge in [-0.2, -0.15) is 0 Å². The molecule has 2 N–H and O–H groups in total. The van der Waals surface area contributed by atoms with Crippen LogP contribution in [0.4, 0.5) is 10.1 Å². The van der Waals surface area contributed by atoms with Gasteiger partial charge in [-0.05, 0) is 23.6 Å². The molecule has 0 heterocycles. The second-order valence-electron chi connectivity index (χ2n) is 5.09. The van der Waals surface area contributed by atoms with Crippen LogP contribution in [0.15, 0.2) is 18.2 Å². The standard InChI is InChI=1S/C13H15ClFNO3/c1-13(2,7-12(18)19)6-11(17)16-8-3-4-9(14)10(15)5-8/h3-5H,6-7H2,1-2H3,(H,16,17)(H,18,19). The Labute approximate surface area is 115 Å². The van der Waals surface area contributed by atoms with Crippen molar-refractivity contribution in [2.24, 2.45) is 5.41 Å². The fraction of sp³-hybridized carbons (Fsp3) is 0.385. The van der Waals surface area contributed by atoms with E-state index in [1.165, 1.54) is 12.1 Å². The summed E-state index contributed by atoms with van der Waals surface area (Å²) in [6, 6.07) is 3.94. The molecule has 0 fully saturated rings. The molecule has 0 spiro atoms. The van der Waals surface area contributed by atoms with Crippen LogP contribution >= 0.6 is 11.6 Å². The van der Waals surface area contributed by atoms with Crippen LogP contribution in [0.2, 0.25) is 5.02 Å². The molecule has 0 unspecified atom stereocenters. The summed E-state index contributed by atoms with van der Waals surface area (Å²) in [6.45, 7) is 3.37. The molecule has 0 radical (unpaired) electrons. The minimum atomic E-state index is -0.963. The lowest BCUT2D eigenvalue weighted by atomic mass is 9.85. The highest BCUT2D eigenvalue weighted by Gasteiger charge is 2.25. The average molecular weight is 288 g/mol. The minimum Gasteiger partial charge on any atom is -0.481 e. The molecule has 0 saturated heterocycles. The Hall–Kier alpha value is -1.62. The van der Waals surface area contributed by atoms with Crippen molar-refractivity contribution in [1.29, 1.82) is 0 Å². The summed E-state index contributed by atoms with van der Waals surface area (Å²) in [5.41, 5.74) is -0.376. The topological polar surface area (TPSA) is 66.4 Å². The van der Waals surface area contributed by atoms with Gasteiger partial charge in [0.25, 0.3) is 0 Å². The number of carboxylic acids is 1. The number of benzene rings is 1. The van der Waals surface area contributed by atoms with Crippen LogP contribution in [-0.2, 0) is 9.59 Å². The predicted molar refractivity (Wildman–Crippen MR) is 70.7 cm³/mol. The first-order valence-corrected chi connectivity index (χ1v) is 6.04. The van der Waals surface area contributed by atoms with E-state index in [9.17, 15) is 14.0 Å². The van der Waals surface area contributed by atoms with Gasteiger partial charge in [0.1, 0.15) is 5.82 Å². The molecule has 0 saturated carbocycles. The second kappa shape index (κ2) is 6.02. The van der Waals surface area contributed by atoms with Crippen LogP contribution in [0.5, 0.6) is 0 Å². The van der Waals surface area contributed by atoms with Crippen molar-refractivity contribution in [2.45, 2.75) is 26.7 Å². The van der Waals surface area contributed by atoms with Crippen LogP contribution in [0.3, 0.4) is 0 Å². The molecule has 0 aliphatic rings. The maximum atomic E-state index is 13.2. The van der Waals surface area contributed by atoms with Gasteiger partial charge < -0.3 is 10.4 Å². The number of amides is 1. The zero-order valence-electron chi connectivity index (χ0n) is 10.7. The molecule has 0 aliphatic carbocycles. The highest BCUT2D eigenvalue weighted by molar-refractivity contribution is 6.30. The zero-order valence-corrected chi connectivity index (χ0v) is 11.4. The summed E-state index contributed by atoms with van der Waals surface area (Å²) in [5, 5.41) is 11.2. The van der Waals surface area contributed by atoms with Crippen LogP contribution in [0.1, 0.15) is 26.7 Å². The average Bonchev–Trinajstić information content (AvgIpc) is 2.20. The van der Waals surface area contributed by atoms with Crippen molar-refractivity contribution in [3.63, 3.8) is 0 Å². The summed E-state index contributed by atoms with van der Waals surface area (Å²) < 4.78 is 13.2. The summed E-state index contributed by atoms with van der Waals surface area (Å²) >= 11 is 5.53. The van der Waals surface area contributed by atoms with Gasteiger partial charge in [0.15, 0.2) is 0 Å². The first-order valence-electron chi connectivity index (χ1n) is 5.66. The Morgan fingerprint density at radius 1 is 1.37 bits per heavy atom. The maximum Gasteiger partial charge on any atom is 0.303 e. The van der Waals surface area contributed by atoms with E-state index in [4.69, 9.17) is 16.7 Å². The van der Waals surface area contributed by atoms with Crippen molar-refractivity contribution in [1.82, 2.24) is 0 Å². The fourth-order valence-electron chi connectivity index (χ4n) is 1.69. The van der Waals surface area contributed by atoms with E-state index >= 15 is 0 Å². The number of rotatable bonds is 5. The molecule has 6 heteroatoms. The van der Waals surface area contributed by atoms with E-state index in [2.05, 4.69) is 5.32 Å². The van der Waals surface area contributed by atoms with Gasteiger partial charge in [0, 0.05) is 12.1 Å². The third kappa shape index (κ3) is 5.26. The number of anilines is 1. The van der Waals surface area contributed by atoms with Crippen molar-refractivity contribution in [2.75, 3.05) is 5.32 Å². The Balaban J connectivity index is 2.64. The Kier molecular flexibility index (Phi) is 4.89. The van der Waals surface area contributed by atoms with Gasteiger partial charge >= 0.3 is 5.97 Å². The predicted octanol–water partition coefficient (Wildman–Crippen LogP) is 3.31. The quantitative estimate of drug-likeness (QED) is 0.873. The highest BCUT2D eigenvalue weighted by atomic mass is 35.5. The number of hydrogen-bond donors (Lipinski definition) is 2. The SMILES string of the molecule is CC(C)(CC(=O)O)CC(=O)Nc1ccc(Cl)c(F)c1. The molecule has 1 aromatic carbocycles. The lowest BCUT2D eigenvalue weighted by Gasteiger charge is -2.21.